The number of carbonyl (C=O) groups excluding carboxylic acids is 5. The number of aliphatic hydroxyl groups excluding tert-OH is 1. The molecule has 1 aliphatic carbocycles. The van der Waals surface area contributed by atoms with Gasteiger partial charge >= 0.3 is 0 Å². The van der Waals surface area contributed by atoms with Gasteiger partial charge in [-0.25, -0.2) is 0 Å². The van der Waals surface area contributed by atoms with Gasteiger partial charge in [0.1, 0.15) is 30.8 Å². The Kier molecular flexibility index (Phi) is 14.9. The predicted molar refractivity (Wildman–Crippen MR) is 229 cm³/mol. The van der Waals surface area contributed by atoms with Crippen LogP contribution in [-0.4, -0.2) is 140 Å². The minimum Gasteiger partial charge on any atom is -0.511 e. The number of carbonyl (C=O) groups is 5. The molecule has 2 unspecified atom stereocenters. The van der Waals surface area contributed by atoms with Crippen molar-refractivity contribution in [3.63, 3.8) is 0 Å². The summed E-state index contributed by atoms with van der Waals surface area (Å²) in [5, 5.41) is 17.0. The molecule has 3 saturated heterocycles. The van der Waals surface area contributed by atoms with Crippen molar-refractivity contribution in [1.82, 2.24) is 20.0 Å². The van der Waals surface area contributed by atoms with Crippen molar-refractivity contribution in [1.29, 1.82) is 0 Å². The van der Waals surface area contributed by atoms with Gasteiger partial charge in [-0.2, -0.15) is 0 Å². The lowest BCUT2D eigenvalue weighted by Crippen LogP contribution is -2.54. The van der Waals surface area contributed by atoms with Crippen LogP contribution in [-0.2, 0) is 24.0 Å². The molecule has 4 amide bonds. The highest BCUT2D eigenvalue weighted by Crippen LogP contribution is 2.36. The van der Waals surface area contributed by atoms with E-state index in [0.717, 1.165) is 80.2 Å². The molecule has 3 fully saturated rings. The number of benzene rings is 2. The molecule has 2 N–H and O–H groups in total. The molecular formula is C46H60N6O9. The quantitative estimate of drug-likeness (QED) is 0.0907. The molecule has 2 aromatic rings. The molecule has 61 heavy (non-hydrogen) atoms. The van der Waals surface area contributed by atoms with Gasteiger partial charge in [0.25, 0.3) is 11.8 Å². The highest BCUT2D eigenvalue weighted by molar-refractivity contribution is 6.24. The second-order valence-electron chi connectivity index (χ2n) is 16.6. The van der Waals surface area contributed by atoms with Crippen LogP contribution in [0.25, 0.3) is 0 Å². The second-order valence-corrected chi connectivity index (χ2v) is 16.6. The van der Waals surface area contributed by atoms with Crippen molar-refractivity contribution in [2.24, 2.45) is 11.1 Å². The van der Waals surface area contributed by atoms with E-state index in [1.54, 1.807) is 12.1 Å². The molecule has 15 nitrogen and oxygen atoms in total. The average Bonchev–Trinajstić information content (AvgIpc) is 3.51. The molecule has 0 radical (unpaired) electrons. The zero-order chi connectivity index (χ0) is 42.9. The van der Waals surface area contributed by atoms with Gasteiger partial charge < -0.3 is 29.2 Å². The lowest BCUT2D eigenvalue weighted by atomic mass is 9.81. The molecule has 328 valence electrons. The first-order chi connectivity index (χ1) is 29.6. The van der Waals surface area contributed by atoms with Crippen LogP contribution in [0.1, 0.15) is 104 Å². The Morgan fingerprint density at radius 2 is 1.56 bits per heavy atom. The highest BCUT2D eigenvalue weighted by atomic mass is 16.6. The monoisotopic (exact) mass is 840 g/mol. The van der Waals surface area contributed by atoms with Crippen molar-refractivity contribution in [2.45, 2.75) is 83.6 Å². The van der Waals surface area contributed by atoms with Crippen LogP contribution in [0.15, 0.2) is 59.0 Å². The number of likely N-dealkylation sites (tertiary alicyclic amines) is 1. The highest BCUT2D eigenvalue weighted by Gasteiger charge is 2.45. The minimum absolute atomic E-state index is 0.0738. The van der Waals surface area contributed by atoms with Crippen molar-refractivity contribution < 1.29 is 43.4 Å². The summed E-state index contributed by atoms with van der Waals surface area (Å²) in [6.07, 6.45) is 6.28. The molecule has 2 aromatic carbocycles. The van der Waals surface area contributed by atoms with E-state index in [1.807, 2.05) is 44.2 Å². The maximum atomic E-state index is 13.3. The third-order valence-electron chi connectivity index (χ3n) is 12.7. The van der Waals surface area contributed by atoms with Gasteiger partial charge in [0.2, 0.25) is 11.8 Å². The second kappa shape index (κ2) is 20.6. The van der Waals surface area contributed by atoms with E-state index < -0.39 is 23.8 Å². The lowest BCUT2D eigenvalue weighted by molar-refractivity contribution is -0.136. The number of Topliss-reactive ketones (excluding diaryl/α,β-unsaturated/α-hetero) is 1. The smallest absolute Gasteiger partial charge is 0.262 e. The van der Waals surface area contributed by atoms with Gasteiger partial charge in [-0.05, 0) is 113 Å². The number of piperidine rings is 2. The summed E-state index contributed by atoms with van der Waals surface area (Å²) in [6, 6.07) is 12.1. The maximum absolute atomic E-state index is 13.3. The Balaban J connectivity index is 0.732. The van der Waals surface area contributed by atoms with Crippen molar-refractivity contribution in [2.75, 3.05) is 83.7 Å². The van der Waals surface area contributed by atoms with Crippen LogP contribution in [0.3, 0.4) is 0 Å². The summed E-state index contributed by atoms with van der Waals surface area (Å²) in [5.41, 5.74) is 3.31. The van der Waals surface area contributed by atoms with Crippen molar-refractivity contribution >= 4 is 40.8 Å². The van der Waals surface area contributed by atoms with Crippen LogP contribution < -0.4 is 15.0 Å². The molecule has 0 saturated carbocycles. The number of anilines is 1. The number of hydrogen-bond acceptors (Lipinski definition) is 13. The topological polar surface area (TPSA) is 171 Å². The first-order valence-corrected chi connectivity index (χ1v) is 22.1. The number of piperazine rings is 1. The Morgan fingerprint density at radius 3 is 2.26 bits per heavy atom. The number of aliphatic hydroxyl groups is 1. The average molecular weight is 841 g/mol. The van der Waals surface area contributed by atoms with Gasteiger partial charge in [-0.3, -0.25) is 39.1 Å². The van der Waals surface area contributed by atoms with Crippen LogP contribution >= 0.6 is 0 Å². The van der Waals surface area contributed by atoms with E-state index >= 15 is 0 Å². The number of nitrogens with one attached hydrogen (secondary N) is 1. The minimum atomic E-state index is -0.961. The van der Waals surface area contributed by atoms with Crippen LogP contribution in [0.2, 0.25) is 0 Å². The summed E-state index contributed by atoms with van der Waals surface area (Å²) in [6.45, 7) is 13.5. The van der Waals surface area contributed by atoms with E-state index in [0.29, 0.717) is 68.1 Å². The van der Waals surface area contributed by atoms with Crippen molar-refractivity contribution in [3.8, 4) is 5.75 Å². The Labute approximate surface area is 358 Å². The number of rotatable bonds is 18. The number of ether oxygens (including phenoxy) is 2. The van der Waals surface area contributed by atoms with Crippen LogP contribution in [0.4, 0.5) is 5.69 Å². The largest absolute Gasteiger partial charge is 0.511 e. The summed E-state index contributed by atoms with van der Waals surface area (Å²) in [5.74, 6) is -0.585. The third kappa shape index (κ3) is 10.7. The van der Waals surface area contributed by atoms with E-state index in [-0.39, 0.29) is 36.2 Å². The maximum Gasteiger partial charge on any atom is 0.262 e. The lowest BCUT2D eigenvalue weighted by Gasteiger charge is -2.37. The van der Waals surface area contributed by atoms with E-state index in [4.69, 9.17) is 14.3 Å². The van der Waals surface area contributed by atoms with Gasteiger partial charge in [0, 0.05) is 57.7 Å². The molecule has 2 atom stereocenters. The Hall–Kier alpha value is -5.12. The molecule has 5 aliphatic rings. The number of nitrogens with zero attached hydrogens (tertiary/aromatic N) is 5. The number of hydrogen-bond donors (Lipinski definition) is 2. The fourth-order valence-electron chi connectivity index (χ4n) is 9.23. The Bertz CT molecular complexity index is 1980. The number of fused-ring (bicyclic) bond motifs is 1. The SMILES string of the molecule is CCO/N=C(\CC)C1=C(O)CC(c2ccc(OCCOCCN3CCC(CCCN4CCN(c5ccc6c(c5)C(=O)N(C5CCC(=O)NC5=O)C6=O)CC4)CC3)cc2)CC1=O. The molecular weight excluding hydrogens is 781 g/mol. The molecule has 4 aliphatic heterocycles. The van der Waals surface area contributed by atoms with Crippen LogP contribution in [0.5, 0.6) is 5.75 Å². The standard InChI is InChI=1S/C46H60N6O9/c1-3-38(48-61-4-2)43-40(53)28-33(29-41(43)54)32-7-10-35(11-8-32)60-27-26-59-25-24-50-18-15-31(16-19-50)6-5-17-49-20-22-51(23-21-49)34-9-12-36-37(30-34)46(58)52(45(36)57)39-13-14-42(55)47-44(39)56/h7-12,30-31,33,39,53H,3-6,13-29H2,1-2H3,(H,47,55,56)/b48-38+. The normalized spacial score (nSPS) is 22.3. The van der Waals surface area contributed by atoms with E-state index in [9.17, 15) is 29.1 Å². The number of ketones is 1. The zero-order valence-corrected chi connectivity index (χ0v) is 35.6. The fourth-order valence-corrected chi connectivity index (χ4v) is 9.23. The molecule has 0 bridgehead atoms. The predicted octanol–water partition coefficient (Wildman–Crippen LogP) is 4.86. The molecule has 15 heteroatoms. The van der Waals surface area contributed by atoms with Gasteiger partial charge in [-0.15, -0.1) is 0 Å². The molecule has 7 rings (SSSR count). The first-order valence-electron chi connectivity index (χ1n) is 22.1. The van der Waals surface area contributed by atoms with E-state index in [2.05, 4.69) is 25.2 Å². The van der Waals surface area contributed by atoms with Gasteiger partial charge in [0.05, 0.1) is 35.6 Å². The molecule has 0 spiro atoms. The number of allylic oxidation sites excluding steroid dienone is 2. The Morgan fingerprint density at radius 1 is 0.820 bits per heavy atom. The van der Waals surface area contributed by atoms with Gasteiger partial charge in [0.15, 0.2) is 5.78 Å². The third-order valence-corrected chi connectivity index (χ3v) is 12.7. The fraction of sp³-hybridized carbons (Fsp3) is 0.565. The van der Waals surface area contributed by atoms with Gasteiger partial charge in [-0.1, -0.05) is 24.2 Å². The summed E-state index contributed by atoms with van der Waals surface area (Å²) in [7, 11) is 0. The number of amides is 4. The van der Waals surface area contributed by atoms with Crippen LogP contribution in [0, 0.1) is 5.92 Å². The van der Waals surface area contributed by atoms with Crippen molar-refractivity contribution in [3.05, 3.63) is 70.5 Å². The number of imide groups is 2. The molecule has 0 aromatic heterocycles. The number of oxime groups is 1. The van der Waals surface area contributed by atoms with E-state index in [1.165, 1.54) is 25.7 Å². The zero-order valence-electron chi connectivity index (χ0n) is 35.6. The summed E-state index contributed by atoms with van der Waals surface area (Å²) < 4.78 is 11.8. The summed E-state index contributed by atoms with van der Waals surface area (Å²) >= 11 is 0. The first kappa shape index (κ1) is 44.0. The molecule has 4 heterocycles. The summed E-state index contributed by atoms with van der Waals surface area (Å²) in [4.78, 5) is 76.7.